The van der Waals surface area contributed by atoms with E-state index in [4.69, 9.17) is 0 Å². The second-order valence-corrected chi connectivity index (χ2v) is 5.42. The Labute approximate surface area is 103 Å². The van der Waals surface area contributed by atoms with Gasteiger partial charge in [0.25, 0.3) is 0 Å². The van der Waals surface area contributed by atoms with Crippen LogP contribution in [0, 0.1) is 11.3 Å². The van der Waals surface area contributed by atoms with Crippen LogP contribution in [0.15, 0.2) is 35.3 Å². The summed E-state index contributed by atoms with van der Waals surface area (Å²) in [5, 5.41) is 0. The van der Waals surface area contributed by atoms with E-state index in [2.05, 4.69) is 36.2 Å². The molecule has 2 heteroatoms. The number of hydrogen-bond acceptors (Lipinski definition) is 2. The molecule has 1 aliphatic rings. The number of isocyanates is 1. The van der Waals surface area contributed by atoms with Gasteiger partial charge >= 0.3 is 0 Å². The quantitative estimate of drug-likeness (QED) is 0.575. The Bertz CT molecular complexity index is 408. The molecule has 0 aromatic heterocycles. The van der Waals surface area contributed by atoms with Crippen LogP contribution < -0.4 is 0 Å². The average Bonchev–Trinajstić information content (AvgIpc) is 2.70. The molecule has 0 amide bonds. The molecular formula is C15H19NO. The van der Waals surface area contributed by atoms with Crippen LogP contribution in [0.2, 0.25) is 0 Å². The largest absolute Gasteiger partial charge is 0.234 e. The highest BCUT2D eigenvalue weighted by Crippen LogP contribution is 2.44. The lowest BCUT2D eigenvalue weighted by molar-refractivity contribution is 0.296. The van der Waals surface area contributed by atoms with Crippen LogP contribution in [0.3, 0.4) is 0 Å². The lowest BCUT2D eigenvalue weighted by Crippen LogP contribution is -2.24. The first-order chi connectivity index (χ1) is 8.24. The fourth-order valence-corrected chi connectivity index (χ4v) is 3.08. The molecule has 90 valence electrons. The van der Waals surface area contributed by atoms with E-state index in [1.54, 1.807) is 6.08 Å². The van der Waals surface area contributed by atoms with Gasteiger partial charge < -0.3 is 0 Å². The van der Waals surface area contributed by atoms with Gasteiger partial charge in [-0.05, 0) is 36.2 Å². The van der Waals surface area contributed by atoms with Crippen molar-refractivity contribution < 1.29 is 4.79 Å². The van der Waals surface area contributed by atoms with Gasteiger partial charge in [-0.1, -0.05) is 43.7 Å². The summed E-state index contributed by atoms with van der Waals surface area (Å²) >= 11 is 0. The minimum absolute atomic E-state index is 0.193. The van der Waals surface area contributed by atoms with E-state index >= 15 is 0 Å². The molecule has 0 spiro atoms. The summed E-state index contributed by atoms with van der Waals surface area (Å²) in [4.78, 5) is 14.2. The first kappa shape index (κ1) is 12.1. The second-order valence-electron chi connectivity index (χ2n) is 5.42. The molecule has 0 radical (unpaired) electrons. The smallest absolute Gasteiger partial charge is 0.211 e. The average molecular weight is 229 g/mol. The molecule has 0 N–H and O–H groups in total. The number of aliphatic imine (C=N–C) groups is 1. The van der Waals surface area contributed by atoms with E-state index in [0.717, 1.165) is 12.3 Å². The zero-order valence-corrected chi connectivity index (χ0v) is 10.4. The Morgan fingerprint density at radius 1 is 1.41 bits per heavy atom. The molecule has 1 saturated carbocycles. The number of carbonyl (C=O) groups excluding carboxylic acids is 1. The summed E-state index contributed by atoms with van der Waals surface area (Å²) in [6.45, 7) is 2.92. The van der Waals surface area contributed by atoms with E-state index in [-0.39, 0.29) is 5.41 Å². The van der Waals surface area contributed by atoms with Crippen molar-refractivity contribution in [3.05, 3.63) is 35.9 Å². The van der Waals surface area contributed by atoms with Gasteiger partial charge in [0, 0.05) is 0 Å². The highest BCUT2D eigenvalue weighted by molar-refractivity contribution is 5.33. The van der Waals surface area contributed by atoms with Crippen LogP contribution >= 0.6 is 0 Å². The van der Waals surface area contributed by atoms with Crippen molar-refractivity contribution >= 4 is 6.08 Å². The van der Waals surface area contributed by atoms with Crippen molar-refractivity contribution in [1.29, 1.82) is 0 Å². The van der Waals surface area contributed by atoms with Crippen LogP contribution in [-0.4, -0.2) is 12.6 Å². The third kappa shape index (κ3) is 3.04. The molecule has 1 aliphatic carbocycles. The number of rotatable bonds is 4. The van der Waals surface area contributed by atoms with E-state index in [9.17, 15) is 4.79 Å². The molecular weight excluding hydrogens is 210 g/mol. The number of nitrogens with zero attached hydrogens (tertiary/aromatic N) is 1. The zero-order chi connectivity index (χ0) is 12.1. The topological polar surface area (TPSA) is 29.4 Å². The molecule has 0 aliphatic heterocycles. The molecule has 1 fully saturated rings. The third-order valence-corrected chi connectivity index (χ3v) is 3.85. The van der Waals surface area contributed by atoms with Crippen LogP contribution in [0.5, 0.6) is 0 Å². The van der Waals surface area contributed by atoms with Crippen LogP contribution in [0.25, 0.3) is 0 Å². The van der Waals surface area contributed by atoms with Crippen molar-refractivity contribution in [3.8, 4) is 0 Å². The van der Waals surface area contributed by atoms with Gasteiger partial charge in [-0.2, -0.15) is 0 Å². The monoisotopic (exact) mass is 229 g/mol. The van der Waals surface area contributed by atoms with Gasteiger partial charge in [0.2, 0.25) is 6.08 Å². The number of hydrogen-bond donors (Lipinski definition) is 0. The molecule has 0 heterocycles. The van der Waals surface area contributed by atoms with Gasteiger partial charge in [0.1, 0.15) is 0 Å². The summed E-state index contributed by atoms with van der Waals surface area (Å²) < 4.78 is 0. The maximum atomic E-state index is 10.3. The first-order valence-electron chi connectivity index (χ1n) is 6.32. The molecule has 0 bridgehead atoms. The van der Waals surface area contributed by atoms with Crippen molar-refractivity contribution in [2.45, 2.75) is 32.6 Å². The molecule has 1 aromatic rings. The summed E-state index contributed by atoms with van der Waals surface area (Å²) in [5.74, 6) is 0.751. The molecule has 17 heavy (non-hydrogen) atoms. The van der Waals surface area contributed by atoms with Crippen LogP contribution in [0.4, 0.5) is 0 Å². The fourth-order valence-electron chi connectivity index (χ4n) is 3.08. The molecule has 0 saturated heterocycles. The van der Waals surface area contributed by atoms with E-state index < -0.39 is 0 Å². The lowest BCUT2D eigenvalue weighted by atomic mass is 9.79. The van der Waals surface area contributed by atoms with Gasteiger partial charge in [-0.3, -0.25) is 0 Å². The van der Waals surface area contributed by atoms with Gasteiger partial charge in [0.05, 0.1) is 6.54 Å². The van der Waals surface area contributed by atoms with Gasteiger partial charge in [-0.15, -0.1) is 0 Å². The SMILES string of the molecule is C[C@@H]1CC[C@@](CN=C=O)(Cc2ccccc2)C1. The summed E-state index contributed by atoms with van der Waals surface area (Å²) in [6, 6.07) is 10.5. The second kappa shape index (κ2) is 5.29. The molecule has 2 atom stereocenters. The predicted molar refractivity (Wildman–Crippen MR) is 68.6 cm³/mol. The highest BCUT2D eigenvalue weighted by Gasteiger charge is 2.37. The van der Waals surface area contributed by atoms with Crippen molar-refractivity contribution in [1.82, 2.24) is 0 Å². The fraction of sp³-hybridized carbons (Fsp3) is 0.533. The Kier molecular flexibility index (Phi) is 3.75. The van der Waals surface area contributed by atoms with Crippen molar-refractivity contribution in [2.24, 2.45) is 16.3 Å². The van der Waals surface area contributed by atoms with Crippen LogP contribution in [-0.2, 0) is 11.2 Å². The minimum Gasteiger partial charge on any atom is -0.211 e. The summed E-state index contributed by atoms with van der Waals surface area (Å²) in [7, 11) is 0. The van der Waals surface area contributed by atoms with Gasteiger partial charge in [-0.25, -0.2) is 9.79 Å². The van der Waals surface area contributed by atoms with Crippen molar-refractivity contribution in [2.75, 3.05) is 6.54 Å². The Morgan fingerprint density at radius 2 is 2.18 bits per heavy atom. The lowest BCUT2D eigenvalue weighted by Gasteiger charge is -2.27. The molecule has 2 rings (SSSR count). The molecule has 2 nitrogen and oxygen atoms in total. The minimum atomic E-state index is 0.193. The predicted octanol–water partition coefficient (Wildman–Crippen LogP) is 3.37. The highest BCUT2D eigenvalue weighted by atomic mass is 16.1. The summed E-state index contributed by atoms with van der Waals surface area (Å²) in [5.41, 5.74) is 1.54. The van der Waals surface area contributed by atoms with Crippen LogP contribution in [0.1, 0.15) is 31.7 Å². The number of benzene rings is 1. The molecule has 0 unspecified atom stereocenters. The maximum Gasteiger partial charge on any atom is 0.234 e. The Hall–Kier alpha value is -1.40. The standard InChI is InChI=1S/C15H19NO/c1-13-7-8-15(9-13,11-16-12-17)10-14-5-3-2-4-6-14/h2-6,13H,7-11H2,1H3/t13-,15+/m1/s1. The Morgan fingerprint density at radius 3 is 2.76 bits per heavy atom. The maximum absolute atomic E-state index is 10.3. The normalized spacial score (nSPS) is 27.7. The van der Waals surface area contributed by atoms with Gasteiger partial charge in [0.15, 0.2) is 0 Å². The van der Waals surface area contributed by atoms with E-state index in [1.165, 1.54) is 24.8 Å². The first-order valence-corrected chi connectivity index (χ1v) is 6.32. The van der Waals surface area contributed by atoms with Crippen molar-refractivity contribution in [3.63, 3.8) is 0 Å². The van der Waals surface area contributed by atoms with E-state index in [1.807, 2.05) is 6.07 Å². The third-order valence-electron chi connectivity index (χ3n) is 3.85. The zero-order valence-electron chi connectivity index (χ0n) is 10.4. The molecule has 1 aromatic carbocycles. The Balaban J connectivity index is 2.14. The van der Waals surface area contributed by atoms with E-state index in [0.29, 0.717) is 6.54 Å². The summed E-state index contributed by atoms with van der Waals surface area (Å²) in [6.07, 6.45) is 6.33.